The number of rotatable bonds is 10. The topological polar surface area (TPSA) is 137 Å². The van der Waals surface area contributed by atoms with Crippen molar-refractivity contribution < 1.29 is 40.2 Å². The molecule has 1 amide bonds. The Morgan fingerprint density at radius 3 is 2.50 bits per heavy atom. The van der Waals surface area contributed by atoms with Crippen molar-refractivity contribution >= 4 is 27.9 Å². The Kier molecular flexibility index (Phi) is 8.68. The van der Waals surface area contributed by atoms with E-state index in [1.807, 2.05) is 0 Å². The van der Waals surface area contributed by atoms with Crippen LogP contribution in [0.3, 0.4) is 0 Å². The largest absolute Gasteiger partial charge is 0.490 e. The van der Waals surface area contributed by atoms with Crippen molar-refractivity contribution in [2.45, 2.75) is 24.4 Å². The van der Waals surface area contributed by atoms with Gasteiger partial charge in [-0.2, -0.15) is 26.7 Å². The molecule has 0 spiro atoms. The highest BCUT2D eigenvalue weighted by Gasteiger charge is 2.30. The number of alkyl halides is 3. The first-order chi connectivity index (χ1) is 17.9. The molecule has 0 saturated heterocycles. The number of halogens is 3. The molecule has 3 aromatic carbocycles. The number of ether oxygens (including phenoxy) is 1. The average molecular weight is 551 g/mol. The van der Waals surface area contributed by atoms with E-state index in [-0.39, 0.29) is 30.1 Å². The third kappa shape index (κ3) is 7.52. The van der Waals surface area contributed by atoms with Gasteiger partial charge in [-0.25, -0.2) is 5.43 Å². The maximum absolute atomic E-state index is 12.8. The lowest BCUT2D eigenvalue weighted by atomic mass is 10.1. The van der Waals surface area contributed by atoms with Crippen LogP contribution in [-0.4, -0.2) is 32.1 Å². The van der Waals surface area contributed by atoms with Gasteiger partial charge in [0.25, 0.3) is 5.69 Å². The van der Waals surface area contributed by atoms with Gasteiger partial charge in [-0.15, -0.1) is 0 Å². The van der Waals surface area contributed by atoms with E-state index in [1.54, 1.807) is 6.92 Å². The van der Waals surface area contributed by atoms with Crippen LogP contribution in [0.15, 0.2) is 76.7 Å². The van der Waals surface area contributed by atoms with Gasteiger partial charge >= 0.3 is 16.3 Å². The number of hydrogen-bond acceptors (Lipinski definition) is 8. The molecule has 200 valence electrons. The Labute approximate surface area is 215 Å². The fourth-order valence-electron chi connectivity index (χ4n) is 3.12. The molecule has 10 nitrogen and oxygen atoms in total. The molecule has 38 heavy (non-hydrogen) atoms. The van der Waals surface area contributed by atoms with Crippen molar-refractivity contribution in [1.29, 1.82) is 0 Å². The fraction of sp³-hybridized carbons (Fsp3) is 0.167. The highest BCUT2D eigenvalue weighted by molar-refractivity contribution is 7.87. The molecule has 0 unspecified atom stereocenters. The van der Waals surface area contributed by atoms with E-state index >= 15 is 0 Å². The van der Waals surface area contributed by atoms with Crippen molar-refractivity contribution in [3.63, 3.8) is 0 Å². The quantitative estimate of drug-likeness (QED) is 0.170. The Morgan fingerprint density at radius 1 is 1.08 bits per heavy atom. The first kappa shape index (κ1) is 28.1. The first-order valence-corrected chi connectivity index (χ1v) is 12.2. The van der Waals surface area contributed by atoms with Crippen LogP contribution in [-0.2, 0) is 27.5 Å². The summed E-state index contributed by atoms with van der Waals surface area (Å²) in [7, 11) is -4.44. The number of nitro benzene ring substituents is 1. The molecule has 0 fully saturated rings. The zero-order chi connectivity index (χ0) is 27.9. The van der Waals surface area contributed by atoms with Crippen LogP contribution < -0.4 is 14.3 Å². The summed E-state index contributed by atoms with van der Waals surface area (Å²) in [6.45, 7) is 1.79. The summed E-state index contributed by atoms with van der Waals surface area (Å²) in [6, 6.07) is 12.8. The molecular weight excluding hydrogens is 531 g/mol. The standard InChI is InChI=1S/C24H20F3N3O7S/c1-2-36-22-12-17(15-28-29-23(31)13-16-5-3-6-18(11-16)24(25,26)27)9-10-21(22)37-38(34,35)20-8-4-7-19(14-20)30(32)33/h3-12,14-15H,2,13H2,1H3,(H,29,31)/b28-15-. The molecular formula is C24H20F3N3O7S. The van der Waals surface area contributed by atoms with Gasteiger partial charge in [0.05, 0.1) is 29.7 Å². The molecule has 0 atom stereocenters. The normalized spacial score (nSPS) is 11.8. The number of nitrogens with one attached hydrogen (secondary N) is 1. The highest BCUT2D eigenvalue weighted by atomic mass is 32.2. The minimum absolute atomic E-state index is 0.0146. The minimum Gasteiger partial charge on any atom is -0.490 e. The van der Waals surface area contributed by atoms with Crippen LogP contribution in [0.2, 0.25) is 0 Å². The van der Waals surface area contributed by atoms with Crippen molar-refractivity contribution in [2.75, 3.05) is 6.61 Å². The Bertz CT molecular complexity index is 1480. The smallest absolute Gasteiger partial charge is 0.416 e. The lowest BCUT2D eigenvalue weighted by molar-refractivity contribution is -0.385. The summed E-state index contributed by atoms with van der Waals surface area (Å²) in [5.74, 6) is -0.835. The lowest BCUT2D eigenvalue weighted by Gasteiger charge is -2.12. The summed E-state index contributed by atoms with van der Waals surface area (Å²) in [5, 5.41) is 14.7. The molecule has 0 aromatic heterocycles. The van der Waals surface area contributed by atoms with Crippen molar-refractivity contribution in [3.8, 4) is 11.5 Å². The van der Waals surface area contributed by atoms with E-state index in [2.05, 4.69) is 10.5 Å². The Hall–Kier alpha value is -4.46. The maximum atomic E-state index is 12.8. The van der Waals surface area contributed by atoms with Gasteiger partial charge in [0.2, 0.25) is 5.91 Å². The van der Waals surface area contributed by atoms with Crippen molar-refractivity contribution in [1.82, 2.24) is 5.43 Å². The third-order valence-corrected chi connectivity index (χ3v) is 6.04. The predicted molar refractivity (Wildman–Crippen MR) is 129 cm³/mol. The molecule has 0 aliphatic heterocycles. The van der Waals surface area contributed by atoms with Crippen LogP contribution >= 0.6 is 0 Å². The average Bonchev–Trinajstić information content (AvgIpc) is 2.85. The number of non-ortho nitro benzene ring substituents is 1. The van der Waals surface area contributed by atoms with E-state index in [4.69, 9.17) is 8.92 Å². The lowest BCUT2D eigenvalue weighted by Crippen LogP contribution is -2.20. The number of hydrogen-bond donors (Lipinski definition) is 1. The molecule has 3 rings (SSSR count). The number of carbonyl (C=O) groups is 1. The Morgan fingerprint density at radius 2 is 1.82 bits per heavy atom. The van der Waals surface area contributed by atoms with Crippen molar-refractivity contribution in [2.24, 2.45) is 5.10 Å². The molecule has 0 bridgehead atoms. The fourth-order valence-corrected chi connectivity index (χ4v) is 4.10. The van der Waals surface area contributed by atoms with Gasteiger partial charge in [-0.1, -0.05) is 24.3 Å². The second-order valence-electron chi connectivity index (χ2n) is 7.60. The molecule has 3 aromatic rings. The van der Waals surface area contributed by atoms with Crippen LogP contribution in [0, 0.1) is 10.1 Å². The van der Waals surface area contributed by atoms with Gasteiger partial charge < -0.3 is 8.92 Å². The van der Waals surface area contributed by atoms with Crippen LogP contribution in [0.5, 0.6) is 11.5 Å². The Balaban J connectivity index is 1.71. The maximum Gasteiger partial charge on any atom is 0.416 e. The van der Waals surface area contributed by atoms with Gasteiger partial charge in [-0.05, 0) is 48.4 Å². The molecule has 14 heteroatoms. The summed E-state index contributed by atoms with van der Waals surface area (Å²) in [4.78, 5) is 21.9. The second-order valence-corrected chi connectivity index (χ2v) is 9.15. The summed E-state index contributed by atoms with van der Waals surface area (Å²) in [6.07, 6.45) is -3.66. The minimum atomic E-state index is -4.53. The molecule has 0 aliphatic carbocycles. The van der Waals surface area contributed by atoms with Gasteiger partial charge in [0.15, 0.2) is 11.5 Å². The zero-order valence-corrected chi connectivity index (χ0v) is 20.5. The summed E-state index contributed by atoms with van der Waals surface area (Å²) >= 11 is 0. The van der Waals surface area contributed by atoms with Crippen LogP contribution in [0.25, 0.3) is 0 Å². The van der Waals surface area contributed by atoms with Crippen LogP contribution in [0.4, 0.5) is 18.9 Å². The molecule has 0 aliphatic rings. The van der Waals surface area contributed by atoms with Crippen molar-refractivity contribution in [3.05, 3.63) is 93.5 Å². The van der Waals surface area contributed by atoms with E-state index in [9.17, 15) is 36.5 Å². The predicted octanol–water partition coefficient (Wildman–Crippen LogP) is 4.47. The number of hydrazone groups is 1. The molecule has 0 radical (unpaired) electrons. The number of nitro groups is 1. The molecule has 0 saturated carbocycles. The third-order valence-electron chi connectivity index (χ3n) is 4.81. The van der Waals surface area contributed by atoms with Crippen LogP contribution in [0.1, 0.15) is 23.6 Å². The number of benzene rings is 3. The highest BCUT2D eigenvalue weighted by Crippen LogP contribution is 2.32. The van der Waals surface area contributed by atoms with Gasteiger partial charge in [0, 0.05) is 12.1 Å². The SMILES string of the molecule is CCOc1cc(/C=N\NC(=O)Cc2cccc(C(F)(F)F)c2)ccc1OS(=O)(=O)c1cccc([N+](=O)[O-])c1. The molecule has 0 heterocycles. The van der Waals surface area contributed by atoms with E-state index < -0.39 is 43.3 Å². The first-order valence-electron chi connectivity index (χ1n) is 10.8. The number of amides is 1. The van der Waals surface area contributed by atoms with Gasteiger partial charge in [0.1, 0.15) is 4.90 Å². The van der Waals surface area contributed by atoms with Gasteiger partial charge in [-0.3, -0.25) is 14.9 Å². The number of nitrogens with zero attached hydrogens (tertiary/aromatic N) is 2. The summed E-state index contributed by atoms with van der Waals surface area (Å²) < 4.78 is 74.4. The van der Waals surface area contributed by atoms with E-state index in [1.165, 1.54) is 42.6 Å². The monoisotopic (exact) mass is 551 g/mol. The van der Waals surface area contributed by atoms with E-state index in [0.29, 0.717) is 5.56 Å². The molecule has 1 N–H and O–H groups in total. The zero-order valence-electron chi connectivity index (χ0n) is 19.6. The number of carbonyl (C=O) groups excluding carboxylic acids is 1. The second kappa shape index (κ2) is 11.7. The summed E-state index contributed by atoms with van der Waals surface area (Å²) in [5.41, 5.74) is 1.42. The van der Waals surface area contributed by atoms with E-state index in [0.717, 1.165) is 30.3 Å².